The van der Waals surface area contributed by atoms with Crippen molar-refractivity contribution in [3.63, 3.8) is 0 Å². The first-order valence-corrected chi connectivity index (χ1v) is 9.57. The number of carbonyl (C=O) groups is 1. The molecule has 134 valence electrons. The highest BCUT2D eigenvalue weighted by atomic mass is 32.1. The zero-order valence-corrected chi connectivity index (χ0v) is 16.0. The first-order valence-electron chi connectivity index (χ1n) is 8.76. The maximum Gasteiger partial charge on any atom is 0.260 e. The van der Waals surface area contributed by atoms with E-state index < -0.39 is 0 Å². The lowest BCUT2D eigenvalue weighted by atomic mass is 10.1. The van der Waals surface area contributed by atoms with Crippen LogP contribution in [0.3, 0.4) is 0 Å². The Morgan fingerprint density at radius 1 is 1.00 bits per heavy atom. The van der Waals surface area contributed by atoms with Crippen molar-refractivity contribution in [3.05, 3.63) is 89.2 Å². The Kier molecular flexibility index (Phi) is 4.69. The molecule has 4 aromatic rings. The van der Waals surface area contributed by atoms with Crippen molar-refractivity contribution in [2.75, 3.05) is 4.90 Å². The fourth-order valence-corrected chi connectivity index (χ4v) is 3.93. The molecule has 0 N–H and O–H groups in total. The van der Waals surface area contributed by atoms with Crippen LogP contribution in [0.2, 0.25) is 0 Å². The number of anilines is 1. The Morgan fingerprint density at radius 3 is 2.52 bits per heavy atom. The molecule has 0 aliphatic rings. The van der Waals surface area contributed by atoms with E-state index in [1.807, 2.05) is 61.5 Å². The van der Waals surface area contributed by atoms with Crippen LogP contribution in [0.15, 0.2) is 66.9 Å². The summed E-state index contributed by atoms with van der Waals surface area (Å²) in [5.41, 5.74) is 4.68. The van der Waals surface area contributed by atoms with Crippen LogP contribution in [0.5, 0.6) is 0 Å². The highest BCUT2D eigenvalue weighted by Crippen LogP contribution is 2.31. The van der Waals surface area contributed by atoms with Crippen molar-refractivity contribution in [2.24, 2.45) is 0 Å². The molecule has 0 aliphatic heterocycles. The van der Waals surface area contributed by atoms with Crippen molar-refractivity contribution < 1.29 is 4.79 Å². The summed E-state index contributed by atoms with van der Waals surface area (Å²) in [7, 11) is 0. The third-order valence-electron chi connectivity index (χ3n) is 4.35. The summed E-state index contributed by atoms with van der Waals surface area (Å²) in [4.78, 5) is 24.1. The molecule has 2 heterocycles. The Hall–Kier alpha value is -3.05. The van der Waals surface area contributed by atoms with Crippen LogP contribution in [-0.2, 0) is 6.54 Å². The molecule has 0 saturated carbocycles. The van der Waals surface area contributed by atoms with Gasteiger partial charge >= 0.3 is 0 Å². The predicted molar refractivity (Wildman–Crippen MR) is 110 cm³/mol. The monoisotopic (exact) mass is 373 g/mol. The molecule has 0 radical (unpaired) electrons. The first-order chi connectivity index (χ1) is 13.1. The van der Waals surface area contributed by atoms with E-state index in [9.17, 15) is 4.79 Å². The van der Waals surface area contributed by atoms with E-state index in [0.29, 0.717) is 17.2 Å². The molecule has 0 saturated heterocycles. The quantitative estimate of drug-likeness (QED) is 0.497. The molecule has 0 unspecified atom stereocenters. The number of pyridine rings is 1. The second-order valence-corrected chi connectivity index (χ2v) is 7.56. The number of nitrogens with zero attached hydrogens (tertiary/aromatic N) is 3. The van der Waals surface area contributed by atoms with Gasteiger partial charge in [-0.05, 0) is 55.8 Å². The molecule has 0 bridgehead atoms. The van der Waals surface area contributed by atoms with Gasteiger partial charge in [0.25, 0.3) is 5.91 Å². The van der Waals surface area contributed by atoms with Gasteiger partial charge in [0.1, 0.15) is 0 Å². The lowest BCUT2D eigenvalue weighted by Gasteiger charge is -2.19. The number of hydrogen-bond donors (Lipinski definition) is 0. The van der Waals surface area contributed by atoms with Crippen molar-refractivity contribution in [1.82, 2.24) is 9.97 Å². The number of fused-ring (bicyclic) bond motifs is 1. The molecule has 4 rings (SSSR count). The summed E-state index contributed by atoms with van der Waals surface area (Å²) in [5.74, 6) is -0.0727. The third-order valence-corrected chi connectivity index (χ3v) is 5.39. The van der Waals surface area contributed by atoms with E-state index in [-0.39, 0.29) is 5.91 Å². The van der Waals surface area contributed by atoms with Crippen molar-refractivity contribution in [3.8, 4) is 0 Å². The van der Waals surface area contributed by atoms with Gasteiger partial charge in [0, 0.05) is 11.8 Å². The third kappa shape index (κ3) is 3.73. The minimum absolute atomic E-state index is 0.0727. The second kappa shape index (κ2) is 7.29. The van der Waals surface area contributed by atoms with Gasteiger partial charge in [0.15, 0.2) is 5.13 Å². The molecule has 0 aliphatic carbocycles. The Bertz CT molecular complexity index is 1090. The molecular weight excluding hydrogens is 354 g/mol. The van der Waals surface area contributed by atoms with Crippen molar-refractivity contribution in [1.29, 1.82) is 0 Å². The second-order valence-electron chi connectivity index (χ2n) is 6.55. The van der Waals surface area contributed by atoms with E-state index >= 15 is 0 Å². The van der Waals surface area contributed by atoms with Crippen LogP contribution in [0.4, 0.5) is 5.13 Å². The molecule has 27 heavy (non-hydrogen) atoms. The first kappa shape index (κ1) is 17.4. The van der Waals surface area contributed by atoms with E-state index in [2.05, 4.69) is 18.0 Å². The zero-order chi connectivity index (χ0) is 18.8. The van der Waals surface area contributed by atoms with Crippen LogP contribution >= 0.6 is 11.3 Å². The average Bonchev–Trinajstić information content (AvgIpc) is 3.10. The average molecular weight is 373 g/mol. The van der Waals surface area contributed by atoms with Gasteiger partial charge in [0.05, 0.1) is 22.5 Å². The fraction of sp³-hybridized carbons (Fsp3) is 0.136. The van der Waals surface area contributed by atoms with Crippen molar-refractivity contribution >= 4 is 32.6 Å². The maximum absolute atomic E-state index is 13.3. The maximum atomic E-state index is 13.3. The van der Waals surface area contributed by atoms with E-state index in [1.54, 1.807) is 11.1 Å². The molecule has 0 atom stereocenters. The zero-order valence-electron chi connectivity index (χ0n) is 15.2. The van der Waals surface area contributed by atoms with Gasteiger partial charge in [0.2, 0.25) is 0 Å². The number of rotatable bonds is 4. The van der Waals surface area contributed by atoms with Crippen LogP contribution in [-0.4, -0.2) is 15.9 Å². The number of aryl methyl sites for hydroxylation is 2. The predicted octanol–water partition coefficient (Wildman–Crippen LogP) is 5.16. The van der Waals surface area contributed by atoms with Gasteiger partial charge in [-0.25, -0.2) is 4.98 Å². The Balaban J connectivity index is 1.76. The number of aromatic nitrogens is 2. The van der Waals surface area contributed by atoms with Crippen LogP contribution in [0.1, 0.15) is 27.2 Å². The standard InChI is InChI=1S/C22H19N3OS/c1-15-6-9-17(10-7-15)21(26)25(14-18-5-3-4-12-23-18)22-24-19-11-8-16(2)13-20(19)27-22/h3-13H,14H2,1-2H3. The van der Waals surface area contributed by atoms with Gasteiger partial charge in [-0.3, -0.25) is 14.7 Å². The molecule has 2 aromatic heterocycles. The lowest BCUT2D eigenvalue weighted by Crippen LogP contribution is -2.30. The van der Waals surface area contributed by atoms with E-state index in [0.717, 1.165) is 21.5 Å². The van der Waals surface area contributed by atoms with E-state index in [1.165, 1.54) is 16.9 Å². The number of carbonyl (C=O) groups excluding carboxylic acids is 1. The normalized spacial score (nSPS) is 10.9. The topological polar surface area (TPSA) is 46.1 Å². The summed E-state index contributed by atoms with van der Waals surface area (Å²) in [5, 5.41) is 0.687. The van der Waals surface area contributed by atoms with Crippen molar-refractivity contribution in [2.45, 2.75) is 20.4 Å². The SMILES string of the molecule is Cc1ccc(C(=O)N(Cc2ccccn2)c2nc3ccc(C)cc3s2)cc1. The molecule has 5 heteroatoms. The Morgan fingerprint density at radius 2 is 1.78 bits per heavy atom. The molecule has 0 fully saturated rings. The van der Waals surface area contributed by atoms with Gasteiger partial charge < -0.3 is 0 Å². The van der Waals surface area contributed by atoms with Gasteiger partial charge in [-0.2, -0.15) is 0 Å². The fourth-order valence-electron chi connectivity index (χ4n) is 2.87. The minimum Gasteiger partial charge on any atom is -0.278 e. The molecule has 2 aromatic carbocycles. The van der Waals surface area contributed by atoms with Crippen LogP contribution in [0, 0.1) is 13.8 Å². The Labute approximate surface area is 162 Å². The summed E-state index contributed by atoms with van der Waals surface area (Å²) < 4.78 is 1.08. The molecule has 4 nitrogen and oxygen atoms in total. The summed E-state index contributed by atoms with van der Waals surface area (Å²) in [6, 6.07) is 19.5. The number of amides is 1. The molecular formula is C22H19N3OS. The summed E-state index contributed by atoms with van der Waals surface area (Å²) >= 11 is 1.53. The molecule has 0 spiro atoms. The highest BCUT2D eigenvalue weighted by Gasteiger charge is 2.22. The smallest absolute Gasteiger partial charge is 0.260 e. The summed E-state index contributed by atoms with van der Waals surface area (Å²) in [6.45, 7) is 4.45. The van der Waals surface area contributed by atoms with Crippen LogP contribution < -0.4 is 4.90 Å². The highest BCUT2D eigenvalue weighted by molar-refractivity contribution is 7.22. The number of benzene rings is 2. The van der Waals surface area contributed by atoms with E-state index in [4.69, 9.17) is 4.98 Å². The molecule has 1 amide bonds. The summed E-state index contributed by atoms with van der Waals surface area (Å²) in [6.07, 6.45) is 1.74. The van der Waals surface area contributed by atoms with Gasteiger partial charge in [-0.1, -0.05) is 41.2 Å². The lowest BCUT2D eigenvalue weighted by molar-refractivity contribution is 0.0985. The number of hydrogen-bond acceptors (Lipinski definition) is 4. The van der Waals surface area contributed by atoms with Gasteiger partial charge in [-0.15, -0.1) is 0 Å². The largest absolute Gasteiger partial charge is 0.278 e. The number of thiazole rings is 1. The van der Waals surface area contributed by atoms with Crippen LogP contribution in [0.25, 0.3) is 10.2 Å². The minimum atomic E-state index is -0.0727.